The highest BCUT2D eigenvalue weighted by Crippen LogP contribution is 2.19. The summed E-state index contributed by atoms with van der Waals surface area (Å²) in [6, 6.07) is 10.0. The third-order valence-corrected chi connectivity index (χ3v) is 2.21. The normalized spacial score (nSPS) is 12.1. The summed E-state index contributed by atoms with van der Waals surface area (Å²) < 4.78 is 5.54. The molecule has 0 aliphatic rings. The standard InChI is InChI=1S/C13H15N3O/c1-10(14)8-11-4-2-5-12(9-11)17-13-15-6-3-7-16-13/h2-7,9-10H,8,14H2,1H3. The molecule has 0 aliphatic carbocycles. The lowest BCUT2D eigenvalue weighted by molar-refractivity contribution is 0.441. The monoisotopic (exact) mass is 229 g/mol. The van der Waals surface area contributed by atoms with Crippen molar-refractivity contribution in [2.75, 3.05) is 0 Å². The van der Waals surface area contributed by atoms with Gasteiger partial charge in [-0.3, -0.25) is 0 Å². The van der Waals surface area contributed by atoms with Gasteiger partial charge in [0.1, 0.15) is 5.75 Å². The number of benzene rings is 1. The number of nitrogens with zero attached hydrogens (tertiary/aromatic N) is 2. The lowest BCUT2D eigenvalue weighted by atomic mass is 10.1. The molecule has 0 aliphatic heterocycles. The van der Waals surface area contributed by atoms with Crippen LogP contribution in [0.2, 0.25) is 0 Å². The van der Waals surface area contributed by atoms with Gasteiger partial charge < -0.3 is 10.5 Å². The third kappa shape index (κ3) is 3.53. The van der Waals surface area contributed by atoms with Crippen LogP contribution in [0.15, 0.2) is 42.7 Å². The van der Waals surface area contributed by atoms with E-state index >= 15 is 0 Å². The second-order valence-corrected chi connectivity index (χ2v) is 3.96. The summed E-state index contributed by atoms with van der Waals surface area (Å²) >= 11 is 0. The SMILES string of the molecule is CC(N)Cc1cccc(Oc2ncccn2)c1. The predicted octanol–water partition coefficient (Wildman–Crippen LogP) is 2.16. The second kappa shape index (κ2) is 5.41. The first-order chi connectivity index (χ1) is 8.24. The molecule has 4 heteroatoms. The molecule has 0 amide bonds. The summed E-state index contributed by atoms with van der Waals surface area (Å²) in [5.74, 6) is 0.731. The van der Waals surface area contributed by atoms with Gasteiger partial charge in [-0.1, -0.05) is 12.1 Å². The first-order valence-corrected chi connectivity index (χ1v) is 5.53. The van der Waals surface area contributed by atoms with Crippen LogP contribution in [0.1, 0.15) is 12.5 Å². The molecule has 1 aromatic heterocycles. The van der Waals surface area contributed by atoms with Crippen molar-refractivity contribution < 1.29 is 4.74 Å². The maximum Gasteiger partial charge on any atom is 0.321 e. The molecule has 1 aromatic carbocycles. The quantitative estimate of drug-likeness (QED) is 0.872. The van der Waals surface area contributed by atoms with Crippen LogP contribution in [0.4, 0.5) is 0 Å². The Bertz CT molecular complexity index is 471. The van der Waals surface area contributed by atoms with E-state index in [1.165, 1.54) is 0 Å². The van der Waals surface area contributed by atoms with E-state index in [1.807, 2.05) is 31.2 Å². The lowest BCUT2D eigenvalue weighted by Crippen LogP contribution is -2.17. The topological polar surface area (TPSA) is 61.0 Å². The van der Waals surface area contributed by atoms with Crippen molar-refractivity contribution in [1.29, 1.82) is 0 Å². The van der Waals surface area contributed by atoms with E-state index in [4.69, 9.17) is 10.5 Å². The zero-order chi connectivity index (χ0) is 12.1. The molecule has 2 aromatic rings. The van der Waals surface area contributed by atoms with Crippen LogP contribution in [-0.4, -0.2) is 16.0 Å². The molecule has 4 nitrogen and oxygen atoms in total. The van der Waals surface area contributed by atoms with Crippen LogP contribution in [0.3, 0.4) is 0 Å². The van der Waals surface area contributed by atoms with Gasteiger partial charge >= 0.3 is 6.01 Å². The van der Waals surface area contributed by atoms with Crippen molar-refractivity contribution in [2.24, 2.45) is 5.73 Å². The fraction of sp³-hybridized carbons (Fsp3) is 0.231. The average molecular weight is 229 g/mol. The number of hydrogen-bond acceptors (Lipinski definition) is 4. The van der Waals surface area contributed by atoms with E-state index in [9.17, 15) is 0 Å². The van der Waals surface area contributed by atoms with Gasteiger partial charge in [-0.15, -0.1) is 0 Å². The summed E-state index contributed by atoms with van der Waals surface area (Å²) in [4.78, 5) is 8.01. The molecule has 1 atom stereocenters. The highest BCUT2D eigenvalue weighted by atomic mass is 16.5. The van der Waals surface area contributed by atoms with Crippen molar-refractivity contribution in [3.63, 3.8) is 0 Å². The Kier molecular flexibility index (Phi) is 3.67. The van der Waals surface area contributed by atoms with E-state index in [0.717, 1.165) is 17.7 Å². The molecule has 0 bridgehead atoms. The minimum atomic E-state index is 0.137. The van der Waals surface area contributed by atoms with Gasteiger partial charge in [-0.2, -0.15) is 0 Å². The van der Waals surface area contributed by atoms with Gasteiger partial charge in [-0.25, -0.2) is 9.97 Å². The van der Waals surface area contributed by atoms with Crippen molar-refractivity contribution >= 4 is 0 Å². The molecule has 0 saturated carbocycles. The molecule has 0 spiro atoms. The molecular weight excluding hydrogens is 214 g/mol. The molecule has 88 valence electrons. The summed E-state index contributed by atoms with van der Waals surface area (Å²) in [6.07, 6.45) is 4.12. The molecule has 0 fully saturated rings. The van der Waals surface area contributed by atoms with Gasteiger partial charge in [0.15, 0.2) is 0 Å². The van der Waals surface area contributed by atoms with E-state index in [1.54, 1.807) is 18.5 Å². The molecule has 1 unspecified atom stereocenters. The van der Waals surface area contributed by atoms with Crippen molar-refractivity contribution in [3.05, 3.63) is 48.3 Å². The minimum Gasteiger partial charge on any atom is -0.424 e. The Morgan fingerprint density at radius 3 is 2.71 bits per heavy atom. The Labute approximate surface area is 100 Å². The van der Waals surface area contributed by atoms with Crippen molar-refractivity contribution in [2.45, 2.75) is 19.4 Å². The Hall–Kier alpha value is -1.94. The van der Waals surface area contributed by atoms with Crippen LogP contribution in [-0.2, 0) is 6.42 Å². The van der Waals surface area contributed by atoms with Gasteiger partial charge in [0.2, 0.25) is 0 Å². The molecule has 0 radical (unpaired) electrons. The fourth-order valence-electron chi connectivity index (χ4n) is 1.55. The number of ether oxygens (including phenoxy) is 1. The van der Waals surface area contributed by atoms with E-state index in [-0.39, 0.29) is 6.04 Å². The van der Waals surface area contributed by atoms with Gasteiger partial charge in [0.25, 0.3) is 0 Å². The molecule has 2 N–H and O–H groups in total. The number of aromatic nitrogens is 2. The first-order valence-electron chi connectivity index (χ1n) is 5.53. The van der Waals surface area contributed by atoms with Gasteiger partial charge in [0, 0.05) is 18.4 Å². The zero-order valence-electron chi connectivity index (χ0n) is 9.71. The second-order valence-electron chi connectivity index (χ2n) is 3.96. The maximum absolute atomic E-state index is 5.76. The number of nitrogens with two attached hydrogens (primary N) is 1. The highest BCUT2D eigenvalue weighted by molar-refractivity contribution is 5.30. The van der Waals surface area contributed by atoms with Crippen LogP contribution < -0.4 is 10.5 Å². The summed E-state index contributed by atoms with van der Waals surface area (Å²) in [6.45, 7) is 1.98. The number of rotatable bonds is 4. The average Bonchev–Trinajstić information content (AvgIpc) is 2.30. The largest absolute Gasteiger partial charge is 0.424 e. The Morgan fingerprint density at radius 1 is 1.24 bits per heavy atom. The van der Waals surface area contributed by atoms with Crippen molar-refractivity contribution in [1.82, 2.24) is 9.97 Å². The van der Waals surface area contributed by atoms with Crippen LogP contribution in [0.5, 0.6) is 11.8 Å². The Balaban J connectivity index is 2.11. The van der Waals surface area contributed by atoms with Gasteiger partial charge in [0.05, 0.1) is 0 Å². The smallest absolute Gasteiger partial charge is 0.321 e. The summed E-state index contributed by atoms with van der Waals surface area (Å²) in [5.41, 5.74) is 6.91. The van der Waals surface area contributed by atoms with Crippen LogP contribution in [0, 0.1) is 0 Å². The molecule has 1 heterocycles. The third-order valence-electron chi connectivity index (χ3n) is 2.21. The maximum atomic E-state index is 5.76. The molecule has 17 heavy (non-hydrogen) atoms. The molecular formula is C13H15N3O. The van der Waals surface area contributed by atoms with Gasteiger partial charge in [-0.05, 0) is 37.1 Å². The van der Waals surface area contributed by atoms with Crippen molar-refractivity contribution in [3.8, 4) is 11.8 Å². The summed E-state index contributed by atoms with van der Waals surface area (Å²) in [5, 5.41) is 0. The van der Waals surface area contributed by atoms with Crippen LogP contribution in [0.25, 0.3) is 0 Å². The fourth-order valence-corrected chi connectivity index (χ4v) is 1.55. The van der Waals surface area contributed by atoms with E-state index < -0.39 is 0 Å². The highest BCUT2D eigenvalue weighted by Gasteiger charge is 2.02. The number of hydrogen-bond donors (Lipinski definition) is 1. The minimum absolute atomic E-state index is 0.137. The lowest BCUT2D eigenvalue weighted by Gasteiger charge is -2.07. The molecule has 0 saturated heterocycles. The predicted molar refractivity (Wildman–Crippen MR) is 65.9 cm³/mol. The van der Waals surface area contributed by atoms with Crippen LogP contribution >= 0.6 is 0 Å². The van der Waals surface area contributed by atoms with E-state index in [2.05, 4.69) is 9.97 Å². The Morgan fingerprint density at radius 2 is 2.00 bits per heavy atom. The molecule has 2 rings (SSSR count). The summed E-state index contributed by atoms with van der Waals surface area (Å²) in [7, 11) is 0. The zero-order valence-corrected chi connectivity index (χ0v) is 9.71. The first kappa shape index (κ1) is 11.5. The van der Waals surface area contributed by atoms with E-state index in [0.29, 0.717) is 6.01 Å².